The van der Waals surface area contributed by atoms with Crippen LogP contribution in [0.15, 0.2) is 66.7 Å². The van der Waals surface area contributed by atoms with Crippen LogP contribution >= 0.6 is 0 Å². The minimum atomic E-state index is -0.712. The molecule has 3 atom stereocenters. The van der Waals surface area contributed by atoms with Crippen molar-refractivity contribution in [3.8, 4) is 0 Å². The molecule has 9 heteroatoms. The van der Waals surface area contributed by atoms with Crippen molar-refractivity contribution in [3.05, 3.63) is 83.4 Å². The first-order valence-electron chi connectivity index (χ1n) is 16.7. The Balaban J connectivity index is 1.26. The van der Waals surface area contributed by atoms with Crippen LogP contribution in [0.2, 0.25) is 0 Å². The first-order valence-corrected chi connectivity index (χ1v) is 16.7. The van der Waals surface area contributed by atoms with E-state index in [2.05, 4.69) is 97.4 Å². The molecule has 3 N–H and O–H groups in total. The van der Waals surface area contributed by atoms with Crippen molar-refractivity contribution >= 4 is 22.9 Å². The average molecular weight is 630 g/mol. The zero-order valence-electron chi connectivity index (χ0n) is 27.9. The molecule has 0 aromatic heterocycles. The van der Waals surface area contributed by atoms with Crippen LogP contribution in [0, 0.1) is 5.41 Å². The molecule has 46 heavy (non-hydrogen) atoms. The first-order chi connectivity index (χ1) is 22.1. The highest BCUT2D eigenvalue weighted by atomic mass is 16.6. The number of carbonyl (C=O) groups excluding carboxylic acids is 2. The number of carbonyl (C=O) groups is 2. The van der Waals surface area contributed by atoms with E-state index in [1.165, 1.54) is 10.9 Å². The minimum Gasteiger partial charge on any atom is -0.445 e. The van der Waals surface area contributed by atoms with Crippen LogP contribution in [-0.4, -0.2) is 84.9 Å². The predicted octanol–water partition coefficient (Wildman–Crippen LogP) is 5.92. The molecule has 0 aliphatic carbocycles. The van der Waals surface area contributed by atoms with E-state index in [0.717, 1.165) is 75.3 Å². The molecule has 3 amide bonds. The second-order valence-electron chi connectivity index (χ2n) is 13.8. The topological polar surface area (TPSA) is 100 Å². The van der Waals surface area contributed by atoms with Crippen molar-refractivity contribution in [1.29, 1.82) is 0 Å². The summed E-state index contributed by atoms with van der Waals surface area (Å²) in [4.78, 5) is 32.1. The van der Waals surface area contributed by atoms with Gasteiger partial charge in [0.15, 0.2) is 0 Å². The Kier molecular flexibility index (Phi) is 11.2. The number of benzene rings is 3. The Labute approximate surface area is 274 Å². The van der Waals surface area contributed by atoms with Crippen LogP contribution < -0.4 is 11.1 Å². The molecule has 3 aromatic carbocycles. The van der Waals surface area contributed by atoms with Gasteiger partial charge in [-0.25, -0.2) is 9.59 Å². The zero-order chi connectivity index (χ0) is 32.7. The van der Waals surface area contributed by atoms with E-state index in [-0.39, 0.29) is 29.6 Å². The maximum atomic E-state index is 13.8. The Morgan fingerprint density at radius 3 is 2.41 bits per heavy atom. The largest absolute Gasteiger partial charge is 0.445 e. The molecule has 2 saturated heterocycles. The lowest BCUT2D eigenvalue weighted by Gasteiger charge is -2.37. The molecule has 0 saturated carbocycles. The highest BCUT2D eigenvalue weighted by Crippen LogP contribution is 2.35. The molecule has 2 fully saturated rings. The third-order valence-electron chi connectivity index (χ3n) is 9.31. The van der Waals surface area contributed by atoms with Gasteiger partial charge in [0, 0.05) is 45.8 Å². The average Bonchev–Trinajstić information content (AvgIpc) is 3.43. The number of amides is 3. The number of urea groups is 1. The fourth-order valence-electron chi connectivity index (χ4n) is 7.13. The number of hydrogen-bond donors (Lipinski definition) is 2. The van der Waals surface area contributed by atoms with E-state index >= 15 is 0 Å². The van der Waals surface area contributed by atoms with Gasteiger partial charge in [0.05, 0.1) is 25.3 Å². The maximum Gasteiger partial charge on any atom is 0.404 e. The van der Waals surface area contributed by atoms with Gasteiger partial charge in [-0.3, -0.25) is 9.80 Å². The SMILES string of the molecule is C[C@H](NC(=O)N(CCCN1CCOCC1)Cc1ccc(CN2CCC(OC(N)=O)C2C(C)(C)C)cc1)c1cccc2ccccc12. The molecule has 0 spiro atoms. The van der Waals surface area contributed by atoms with Crippen molar-refractivity contribution in [3.63, 3.8) is 0 Å². The molecule has 2 aliphatic rings. The first kappa shape index (κ1) is 33.7. The number of fused-ring (bicyclic) bond motifs is 1. The van der Waals surface area contributed by atoms with Crippen molar-refractivity contribution in [2.24, 2.45) is 11.1 Å². The highest BCUT2D eigenvalue weighted by Gasteiger charge is 2.43. The number of rotatable bonds is 11. The number of nitrogens with two attached hydrogens (primary N) is 1. The van der Waals surface area contributed by atoms with Gasteiger partial charge in [-0.05, 0) is 52.6 Å². The van der Waals surface area contributed by atoms with Gasteiger partial charge in [-0.15, -0.1) is 0 Å². The molecule has 2 aliphatic heterocycles. The number of hydrogen-bond acceptors (Lipinski definition) is 6. The molecule has 2 heterocycles. The Hall–Kier alpha value is -3.66. The number of primary amides is 1. The molecule has 0 bridgehead atoms. The summed E-state index contributed by atoms with van der Waals surface area (Å²) in [6, 6.07) is 23.0. The zero-order valence-corrected chi connectivity index (χ0v) is 27.9. The van der Waals surface area contributed by atoms with Crippen LogP contribution in [0.3, 0.4) is 0 Å². The molecule has 0 radical (unpaired) electrons. The second kappa shape index (κ2) is 15.3. The van der Waals surface area contributed by atoms with E-state index in [1.54, 1.807) is 0 Å². The van der Waals surface area contributed by atoms with Gasteiger partial charge in [0.25, 0.3) is 0 Å². The molecular formula is C37H51N5O4. The van der Waals surface area contributed by atoms with E-state index in [4.69, 9.17) is 15.2 Å². The lowest BCUT2D eigenvalue weighted by atomic mass is 9.83. The van der Waals surface area contributed by atoms with Crippen LogP contribution in [-0.2, 0) is 22.6 Å². The van der Waals surface area contributed by atoms with E-state index in [9.17, 15) is 9.59 Å². The second-order valence-corrected chi connectivity index (χ2v) is 13.8. The highest BCUT2D eigenvalue weighted by molar-refractivity contribution is 5.86. The third-order valence-corrected chi connectivity index (χ3v) is 9.31. The standard InChI is InChI=1S/C37H51N5O4/c1-27(31-12-7-10-30-9-5-6-11-32(30)31)39-36(44)42(19-8-18-40-21-23-45-24-22-40)26-29-15-13-28(14-16-29)25-41-20-17-33(46-35(38)43)34(41)37(2,3)4/h5-7,9-16,27,33-34H,8,17-26H2,1-4H3,(H2,38,43)(H,39,44)/t27-,33?,34?/m0/s1. The summed E-state index contributed by atoms with van der Waals surface area (Å²) in [5.41, 5.74) is 8.69. The van der Waals surface area contributed by atoms with Gasteiger partial charge in [0.1, 0.15) is 6.10 Å². The van der Waals surface area contributed by atoms with Crippen molar-refractivity contribution in [2.45, 2.75) is 71.8 Å². The summed E-state index contributed by atoms with van der Waals surface area (Å²) in [6.07, 6.45) is 0.744. The van der Waals surface area contributed by atoms with Gasteiger partial charge in [0.2, 0.25) is 0 Å². The van der Waals surface area contributed by atoms with Crippen LogP contribution in [0.5, 0.6) is 0 Å². The number of nitrogens with one attached hydrogen (secondary N) is 1. The number of ether oxygens (including phenoxy) is 2. The quantitative estimate of drug-likeness (QED) is 0.273. The lowest BCUT2D eigenvalue weighted by Crippen LogP contribution is -2.46. The summed E-state index contributed by atoms with van der Waals surface area (Å²) in [5, 5.41) is 5.62. The van der Waals surface area contributed by atoms with Crippen LogP contribution in [0.25, 0.3) is 10.8 Å². The van der Waals surface area contributed by atoms with Gasteiger partial charge in [-0.1, -0.05) is 87.5 Å². The van der Waals surface area contributed by atoms with Crippen molar-refractivity contribution < 1.29 is 19.1 Å². The molecule has 3 aromatic rings. The van der Waals surface area contributed by atoms with E-state index in [0.29, 0.717) is 13.1 Å². The van der Waals surface area contributed by atoms with E-state index in [1.807, 2.05) is 17.0 Å². The fourth-order valence-corrected chi connectivity index (χ4v) is 7.13. The fraction of sp³-hybridized carbons (Fsp3) is 0.514. The minimum absolute atomic E-state index is 0.0583. The lowest BCUT2D eigenvalue weighted by molar-refractivity contribution is 0.0282. The summed E-state index contributed by atoms with van der Waals surface area (Å²) in [6.45, 7) is 15.7. The van der Waals surface area contributed by atoms with Crippen LogP contribution in [0.1, 0.15) is 63.3 Å². The predicted molar refractivity (Wildman–Crippen MR) is 182 cm³/mol. The molecule has 5 rings (SSSR count). The molecule has 9 nitrogen and oxygen atoms in total. The van der Waals surface area contributed by atoms with Crippen LogP contribution in [0.4, 0.5) is 9.59 Å². The Morgan fingerprint density at radius 1 is 1.00 bits per heavy atom. The van der Waals surface area contributed by atoms with Gasteiger partial charge >= 0.3 is 12.1 Å². The molecular weight excluding hydrogens is 578 g/mol. The number of morpholine rings is 1. The van der Waals surface area contributed by atoms with E-state index < -0.39 is 6.09 Å². The number of nitrogens with zero attached hydrogens (tertiary/aromatic N) is 3. The maximum absolute atomic E-state index is 13.8. The Morgan fingerprint density at radius 2 is 1.70 bits per heavy atom. The monoisotopic (exact) mass is 629 g/mol. The molecule has 2 unspecified atom stereocenters. The Bertz CT molecular complexity index is 1440. The van der Waals surface area contributed by atoms with Crippen molar-refractivity contribution in [1.82, 2.24) is 20.0 Å². The normalized spacial score (nSPS) is 20.0. The summed E-state index contributed by atoms with van der Waals surface area (Å²) in [5.74, 6) is 0. The smallest absolute Gasteiger partial charge is 0.404 e. The summed E-state index contributed by atoms with van der Waals surface area (Å²) < 4.78 is 11.0. The summed E-state index contributed by atoms with van der Waals surface area (Å²) in [7, 11) is 0. The summed E-state index contributed by atoms with van der Waals surface area (Å²) >= 11 is 0. The third kappa shape index (κ3) is 8.78. The van der Waals surface area contributed by atoms with Gasteiger partial charge < -0.3 is 25.4 Å². The van der Waals surface area contributed by atoms with Crippen molar-refractivity contribution in [2.75, 3.05) is 45.9 Å². The number of likely N-dealkylation sites (tertiary alicyclic amines) is 1. The van der Waals surface area contributed by atoms with Gasteiger partial charge in [-0.2, -0.15) is 0 Å². The molecule has 248 valence electrons.